The molecule has 0 amide bonds. The normalized spacial score (nSPS) is 13.1. The lowest BCUT2D eigenvalue weighted by molar-refractivity contribution is 0.158. The molecule has 4 heteroatoms. The van der Waals surface area contributed by atoms with Crippen molar-refractivity contribution >= 4 is 0 Å². The number of oxazole rings is 1. The Hall–Kier alpha value is -0.870. The molecule has 15 heavy (non-hydrogen) atoms. The number of aryl methyl sites for hydroxylation is 2. The van der Waals surface area contributed by atoms with Crippen LogP contribution in [0, 0.1) is 19.8 Å². The van der Waals surface area contributed by atoms with Crippen LogP contribution in [-0.4, -0.2) is 25.2 Å². The van der Waals surface area contributed by atoms with Crippen LogP contribution in [0.15, 0.2) is 4.42 Å². The average molecular weight is 212 g/mol. The third-order valence-corrected chi connectivity index (χ3v) is 2.29. The molecule has 86 valence electrons. The van der Waals surface area contributed by atoms with Gasteiger partial charge in [-0.1, -0.05) is 6.92 Å². The first-order chi connectivity index (χ1) is 7.13. The number of ether oxygens (including phenoxy) is 1. The maximum absolute atomic E-state index is 5.45. The molecule has 0 fully saturated rings. The van der Waals surface area contributed by atoms with Gasteiger partial charge < -0.3 is 14.5 Å². The summed E-state index contributed by atoms with van der Waals surface area (Å²) in [5.41, 5.74) is 0.969. The zero-order chi connectivity index (χ0) is 11.3. The van der Waals surface area contributed by atoms with E-state index in [0.29, 0.717) is 12.5 Å². The van der Waals surface area contributed by atoms with Crippen LogP contribution in [0.2, 0.25) is 0 Å². The van der Waals surface area contributed by atoms with E-state index in [1.54, 1.807) is 7.11 Å². The van der Waals surface area contributed by atoms with E-state index < -0.39 is 0 Å². The summed E-state index contributed by atoms with van der Waals surface area (Å²) >= 11 is 0. The van der Waals surface area contributed by atoms with Crippen LogP contribution in [0.1, 0.15) is 24.3 Å². The molecule has 0 saturated heterocycles. The van der Waals surface area contributed by atoms with Crippen molar-refractivity contribution in [1.29, 1.82) is 0 Å². The highest BCUT2D eigenvalue weighted by atomic mass is 16.5. The standard InChI is InChI=1S/C11H20N2O2/c1-8(7-14-4)5-12-6-11-13-9(2)10(3)15-11/h8,12H,5-7H2,1-4H3. The lowest BCUT2D eigenvalue weighted by atomic mass is 10.2. The van der Waals surface area contributed by atoms with Gasteiger partial charge in [0, 0.05) is 20.3 Å². The molecular weight excluding hydrogens is 192 g/mol. The quantitative estimate of drug-likeness (QED) is 0.779. The van der Waals surface area contributed by atoms with E-state index in [9.17, 15) is 0 Å². The van der Waals surface area contributed by atoms with Gasteiger partial charge in [-0.2, -0.15) is 0 Å². The van der Waals surface area contributed by atoms with Gasteiger partial charge in [-0.05, 0) is 19.8 Å². The largest absolute Gasteiger partial charge is 0.444 e. The number of rotatable bonds is 6. The molecule has 0 saturated carbocycles. The monoisotopic (exact) mass is 212 g/mol. The fourth-order valence-electron chi connectivity index (χ4n) is 1.38. The van der Waals surface area contributed by atoms with Crippen molar-refractivity contribution in [3.05, 3.63) is 17.3 Å². The van der Waals surface area contributed by atoms with Crippen molar-refractivity contribution in [2.24, 2.45) is 5.92 Å². The van der Waals surface area contributed by atoms with Crippen molar-refractivity contribution in [3.63, 3.8) is 0 Å². The van der Waals surface area contributed by atoms with Gasteiger partial charge in [-0.25, -0.2) is 4.98 Å². The Labute approximate surface area is 91.0 Å². The predicted octanol–water partition coefficient (Wildman–Crippen LogP) is 1.66. The molecule has 0 aromatic carbocycles. The van der Waals surface area contributed by atoms with Gasteiger partial charge in [-0.15, -0.1) is 0 Å². The van der Waals surface area contributed by atoms with E-state index in [-0.39, 0.29) is 0 Å². The number of nitrogens with one attached hydrogen (secondary N) is 1. The Bertz CT molecular complexity index is 277. The summed E-state index contributed by atoms with van der Waals surface area (Å²) in [7, 11) is 1.72. The molecule has 4 nitrogen and oxygen atoms in total. The number of methoxy groups -OCH3 is 1. The lowest BCUT2D eigenvalue weighted by Gasteiger charge is -2.09. The second-order valence-corrected chi connectivity index (χ2v) is 3.94. The molecule has 1 N–H and O–H groups in total. The van der Waals surface area contributed by atoms with Crippen molar-refractivity contribution in [2.45, 2.75) is 27.3 Å². The van der Waals surface area contributed by atoms with Gasteiger partial charge in [0.2, 0.25) is 5.89 Å². The summed E-state index contributed by atoms with van der Waals surface area (Å²) in [5.74, 6) is 2.17. The molecule has 0 aliphatic rings. The molecule has 0 aliphatic heterocycles. The van der Waals surface area contributed by atoms with Crippen molar-refractivity contribution < 1.29 is 9.15 Å². The molecule has 0 radical (unpaired) electrons. The summed E-state index contributed by atoms with van der Waals surface area (Å²) in [6, 6.07) is 0. The number of nitrogens with zero attached hydrogens (tertiary/aromatic N) is 1. The van der Waals surface area contributed by atoms with Gasteiger partial charge in [-0.3, -0.25) is 0 Å². The first-order valence-electron chi connectivity index (χ1n) is 5.26. The van der Waals surface area contributed by atoms with Crippen LogP contribution in [0.5, 0.6) is 0 Å². The summed E-state index contributed by atoms with van der Waals surface area (Å²) < 4.78 is 10.5. The predicted molar refractivity (Wildman–Crippen MR) is 58.7 cm³/mol. The van der Waals surface area contributed by atoms with Crippen molar-refractivity contribution in [2.75, 3.05) is 20.3 Å². The Morgan fingerprint density at radius 1 is 1.47 bits per heavy atom. The highest BCUT2D eigenvalue weighted by molar-refractivity contribution is 5.05. The second kappa shape index (κ2) is 5.88. The van der Waals surface area contributed by atoms with Gasteiger partial charge in [0.1, 0.15) is 5.76 Å². The zero-order valence-electron chi connectivity index (χ0n) is 9.96. The molecule has 1 unspecified atom stereocenters. The molecular formula is C11H20N2O2. The van der Waals surface area contributed by atoms with Gasteiger partial charge in [0.15, 0.2) is 0 Å². The van der Waals surface area contributed by atoms with E-state index >= 15 is 0 Å². The van der Waals surface area contributed by atoms with Crippen LogP contribution in [-0.2, 0) is 11.3 Å². The highest BCUT2D eigenvalue weighted by Gasteiger charge is 2.06. The number of hydrogen-bond donors (Lipinski definition) is 1. The second-order valence-electron chi connectivity index (χ2n) is 3.94. The first kappa shape index (κ1) is 12.2. The SMILES string of the molecule is COCC(C)CNCc1nc(C)c(C)o1. The third-order valence-electron chi connectivity index (χ3n) is 2.29. The topological polar surface area (TPSA) is 47.3 Å². The van der Waals surface area contributed by atoms with Crippen LogP contribution >= 0.6 is 0 Å². The smallest absolute Gasteiger partial charge is 0.208 e. The summed E-state index contributed by atoms with van der Waals surface area (Å²) in [5, 5.41) is 3.29. The minimum atomic E-state index is 0.507. The third kappa shape index (κ3) is 4.01. The van der Waals surface area contributed by atoms with Crippen LogP contribution in [0.25, 0.3) is 0 Å². The highest BCUT2D eigenvalue weighted by Crippen LogP contribution is 2.07. The Morgan fingerprint density at radius 2 is 2.20 bits per heavy atom. The van der Waals surface area contributed by atoms with Gasteiger partial charge in [0.25, 0.3) is 0 Å². The molecule has 1 aromatic rings. The molecule has 1 atom stereocenters. The van der Waals surface area contributed by atoms with Crippen LogP contribution < -0.4 is 5.32 Å². The van der Waals surface area contributed by atoms with Gasteiger partial charge in [0.05, 0.1) is 12.2 Å². The van der Waals surface area contributed by atoms with Gasteiger partial charge >= 0.3 is 0 Å². The molecule has 0 spiro atoms. The van der Waals surface area contributed by atoms with E-state index in [4.69, 9.17) is 9.15 Å². The molecule has 1 heterocycles. The maximum Gasteiger partial charge on any atom is 0.208 e. The summed E-state index contributed by atoms with van der Waals surface area (Å²) in [6.45, 7) is 8.39. The van der Waals surface area contributed by atoms with E-state index in [0.717, 1.165) is 30.5 Å². The summed E-state index contributed by atoms with van der Waals surface area (Å²) in [6.07, 6.45) is 0. The Morgan fingerprint density at radius 3 is 2.73 bits per heavy atom. The molecule has 0 aliphatic carbocycles. The number of hydrogen-bond acceptors (Lipinski definition) is 4. The summed E-state index contributed by atoms with van der Waals surface area (Å²) in [4.78, 5) is 4.29. The van der Waals surface area contributed by atoms with Crippen LogP contribution in [0.3, 0.4) is 0 Å². The average Bonchev–Trinajstić information content (AvgIpc) is 2.46. The molecule has 0 bridgehead atoms. The zero-order valence-corrected chi connectivity index (χ0v) is 9.96. The Balaban J connectivity index is 2.25. The lowest BCUT2D eigenvalue weighted by Crippen LogP contribution is -2.23. The van der Waals surface area contributed by atoms with E-state index in [1.165, 1.54) is 0 Å². The van der Waals surface area contributed by atoms with Crippen molar-refractivity contribution in [1.82, 2.24) is 10.3 Å². The first-order valence-corrected chi connectivity index (χ1v) is 5.26. The van der Waals surface area contributed by atoms with E-state index in [2.05, 4.69) is 17.2 Å². The number of aromatic nitrogens is 1. The van der Waals surface area contributed by atoms with E-state index in [1.807, 2.05) is 13.8 Å². The Kier molecular flexibility index (Phi) is 4.78. The van der Waals surface area contributed by atoms with Crippen LogP contribution in [0.4, 0.5) is 0 Å². The maximum atomic E-state index is 5.45. The molecule has 1 aromatic heterocycles. The fourth-order valence-corrected chi connectivity index (χ4v) is 1.38. The molecule has 1 rings (SSSR count). The minimum Gasteiger partial charge on any atom is -0.444 e. The fraction of sp³-hybridized carbons (Fsp3) is 0.727. The van der Waals surface area contributed by atoms with Crippen molar-refractivity contribution in [3.8, 4) is 0 Å². The minimum absolute atomic E-state index is 0.507.